The van der Waals surface area contributed by atoms with Gasteiger partial charge >= 0.3 is 0 Å². The van der Waals surface area contributed by atoms with Crippen molar-refractivity contribution in [3.05, 3.63) is 18.2 Å². The average Bonchev–Trinajstić information content (AvgIpc) is 2.86. The third-order valence-electron chi connectivity index (χ3n) is 4.13. The molecule has 2 aliphatic rings. The van der Waals surface area contributed by atoms with Crippen LogP contribution in [-0.4, -0.2) is 33.8 Å². The summed E-state index contributed by atoms with van der Waals surface area (Å²) in [7, 11) is 0. The molecule has 0 aromatic carbocycles. The Bertz CT molecular complexity index is 545. The number of rotatable bonds is 5. The Morgan fingerprint density at radius 1 is 1.55 bits per heavy atom. The fourth-order valence-electron chi connectivity index (χ4n) is 2.53. The highest BCUT2D eigenvalue weighted by molar-refractivity contribution is 5.91. The molecule has 1 fully saturated rings. The van der Waals surface area contributed by atoms with E-state index in [1.807, 2.05) is 26.2 Å². The lowest BCUT2D eigenvalue weighted by Crippen LogP contribution is -2.39. The molecule has 1 aromatic rings. The number of hydrogen-bond acceptors (Lipinski definition) is 4. The van der Waals surface area contributed by atoms with Gasteiger partial charge in [0.2, 0.25) is 6.10 Å². The number of carbonyl (C=O) groups excluding carboxylic acids is 1. The quantitative estimate of drug-likeness (QED) is 0.880. The first kappa shape index (κ1) is 13.1. The Kier molecular flexibility index (Phi) is 3.23. The van der Waals surface area contributed by atoms with Crippen molar-refractivity contribution in [2.24, 2.45) is 10.6 Å². The molecule has 108 valence electrons. The molecule has 6 nitrogen and oxygen atoms in total. The summed E-state index contributed by atoms with van der Waals surface area (Å²) in [5.41, 5.74) is 1.07. The van der Waals surface area contributed by atoms with E-state index in [0.717, 1.165) is 30.9 Å². The first-order chi connectivity index (χ1) is 9.58. The molecule has 1 aliphatic heterocycles. The molecule has 1 aliphatic carbocycles. The Balaban J connectivity index is 1.51. The maximum Gasteiger partial charge on any atom is 0.264 e. The molecule has 0 radical (unpaired) electrons. The minimum absolute atomic E-state index is 0.0563. The highest BCUT2D eigenvalue weighted by atomic mass is 16.6. The zero-order valence-corrected chi connectivity index (χ0v) is 11.9. The molecule has 1 saturated carbocycles. The van der Waals surface area contributed by atoms with E-state index in [-0.39, 0.29) is 11.3 Å². The maximum absolute atomic E-state index is 12.0. The van der Waals surface area contributed by atoms with Crippen LogP contribution in [0, 0.1) is 12.3 Å². The van der Waals surface area contributed by atoms with Gasteiger partial charge in [-0.15, -0.1) is 0 Å². The van der Waals surface area contributed by atoms with Crippen LogP contribution in [0.3, 0.4) is 0 Å². The zero-order chi connectivity index (χ0) is 14.2. The molecular weight excluding hydrogens is 256 g/mol. The summed E-state index contributed by atoms with van der Waals surface area (Å²) in [6.07, 6.45) is 6.25. The summed E-state index contributed by atoms with van der Waals surface area (Å²) in [6.45, 7) is 5.49. The van der Waals surface area contributed by atoms with E-state index < -0.39 is 6.10 Å². The molecular formula is C14H20N4O2. The SMILES string of the molecule is CC1=NO[C@@H](C(=O)NCC2(Cn3ccnc3C)CC2)C1. The van der Waals surface area contributed by atoms with E-state index in [1.165, 1.54) is 0 Å². The second kappa shape index (κ2) is 4.92. The number of imidazole rings is 1. The summed E-state index contributed by atoms with van der Waals surface area (Å²) in [5.74, 6) is 0.963. The summed E-state index contributed by atoms with van der Waals surface area (Å²) in [4.78, 5) is 21.3. The van der Waals surface area contributed by atoms with Gasteiger partial charge in [0, 0.05) is 37.3 Å². The highest BCUT2D eigenvalue weighted by Gasteiger charge is 2.43. The van der Waals surface area contributed by atoms with E-state index in [1.54, 1.807) is 0 Å². The van der Waals surface area contributed by atoms with Crippen LogP contribution in [0.25, 0.3) is 0 Å². The first-order valence-electron chi connectivity index (χ1n) is 7.03. The summed E-state index contributed by atoms with van der Waals surface area (Å²) >= 11 is 0. The standard InChI is InChI=1S/C14H20N4O2/c1-10-7-12(20-17-10)13(19)16-8-14(3-4-14)9-18-6-5-15-11(18)2/h5-6,12H,3-4,7-9H2,1-2H3,(H,16,19)/t12-/m1/s1. The molecule has 0 bridgehead atoms. The van der Waals surface area contributed by atoms with Gasteiger partial charge in [0.15, 0.2) is 0 Å². The molecule has 0 unspecified atom stereocenters. The minimum atomic E-state index is -0.444. The molecule has 0 saturated heterocycles. The number of oxime groups is 1. The van der Waals surface area contributed by atoms with Gasteiger partial charge in [0.1, 0.15) is 5.82 Å². The van der Waals surface area contributed by atoms with Crippen molar-refractivity contribution >= 4 is 11.6 Å². The molecule has 1 aromatic heterocycles. The molecule has 20 heavy (non-hydrogen) atoms. The number of nitrogens with zero attached hydrogens (tertiary/aromatic N) is 3. The number of hydrogen-bond donors (Lipinski definition) is 1. The number of nitrogens with one attached hydrogen (secondary N) is 1. The van der Waals surface area contributed by atoms with Crippen LogP contribution >= 0.6 is 0 Å². The lowest BCUT2D eigenvalue weighted by atomic mass is 10.1. The van der Waals surface area contributed by atoms with Crippen molar-refractivity contribution < 1.29 is 9.63 Å². The van der Waals surface area contributed by atoms with Crippen molar-refractivity contribution in [2.75, 3.05) is 6.54 Å². The lowest BCUT2D eigenvalue weighted by molar-refractivity contribution is -0.131. The van der Waals surface area contributed by atoms with E-state index >= 15 is 0 Å². The Morgan fingerprint density at radius 3 is 2.90 bits per heavy atom. The Morgan fingerprint density at radius 2 is 2.35 bits per heavy atom. The smallest absolute Gasteiger partial charge is 0.264 e. The molecule has 1 N–H and O–H groups in total. The fraction of sp³-hybridized carbons (Fsp3) is 0.643. The molecule has 3 rings (SSSR count). The third kappa shape index (κ3) is 2.69. The van der Waals surface area contributed by atoms with Crippen molar-refractivity contribution in [1.29, 1.82) is 0 Å². The summed E-state index contributed by atoms with van der Waals surface area (Å²) in [6, 6.07) is 0. The monoisotopic (exact) mass is 276 g/mol. The van der Waals surface area contributed by atoms with E-state index in [9.17, 15) is 4.79 Å². The topological polar surface area (TPSA) is 68.5 Å². The molecule has 1 atom stereocenters. The van der Waals surface area contributed by atoms with Crippen LogP contribution in [0.15, 0.2) is 17.5 Å². The number of aryl methyl sites for hydroxylation is 1. The zero-order valence-electron chi connectivity index (χ0n) is 11.9. The highest BCUT2D eigenvalue weighted by Crippen LogP contribution is 2.46. The predicted molar refractivity (Wildman–Crippen MR) is 74.2 cm³/mol. The molecule has 2 heterocycles. The van der Waals surface area contributed by atoms with Crippen molar-refractivity contribution in [2.45, 2.75) is 45.8 Å². The normalized spacial score (nSPS) is 23.1. The van der Waals surface area contributed by atoms with Gasteiger partial charge < -0.3 is 14.7 Å². The molecule has 0 spiro atoms. The van der Waals surface area contributed by atoms with Crippen LogP contribution in [0.2, 0.25) is 0 Å². The van der Waals surface area contributed by atoms with Crippen LogP contribution in [0.5, 0.6) is 0 Å². The maximum atomic E-state index is 12.0. The molecule has 6 heteroatoms. The second-order valence-electron chi connectivity index (χ2n) is 5.94. The Hall–Kier alpha value is -1.85. The largest absolute Gasteiger partial charge is 0.382 e. The van der Waals surface area contributed by atoms with Gasteiger partial charge in [-0.05, 0) is 26.7 Å². The van der Waals surface area contributed by atoms with E-state index in [0.29, 0.717) is 13.0 Å². The van der Waals surface area contributed by atoms with E-state index in [2.05, 4.69) is 20.0 Å². The van der Waals surface area contributed by atoms with Crippen molar-refractivity contribution in [3.8, 4) is 0 Å². The number of carbonyl (C=O) groups is 1. The third-order valence-corrected chi connectivity index (χ3v) is 4.13. The lowest BCUT2D eigenvalue weighted by Gasteiger charge is -2.18. The average molecular weight is 276 g/mol. The summed E-state index contributed by atoms with van der Waals surface area (Å²) < 4.78 is 2.15. The van der Waals surface area contributed by atoms with Gasteiger partial charge in [-0.25, -0.2) is 4.98 Å². The minimum Gasteiger partial charge on any atom is -0.382 e. The first-order valence-corrected chi connectivity index (χ1v) is 7.03. The van der Waals surface area contributed by atoms with Gasteiger partial charge in [-0.1, -0.05) is 5.16 Å². The van der Waals surface area contributed by atoms with Gasteiger partial charge in [0.25, 0.3) is 5.91 Å². The number of aromatic nitrogens is 2. The van der Waals surface area contributed by atoms with Crippen LogP contribution < -0.4 is 5.32 Å². The fourth-order valence-corrected chi connectivity index (χ4v) is 2.53. The van der Waals surface area contributed by atoms with Gasteiger partial charge in [0.05, 0.1) is 5.71 Å². The van der Waals surface area contributed by atoms with E-state index in [4.69, 9.17) is 4.84 Å². The van der Waals surface area contributed by atoms with Crippen molar-refractivity contribution in [3.63, 3.8) is 0 Å². The van der Waals surface area contributed by atoms with Crippen LogP contribution in [0.1, 0.15) is 32.0 Å². The van der Waals surface area contributed by atoms with Gasteiger partial charge in [-0.2, -0.15) is 0 Å². The number of amides is 1. The van der Waals surface area contributed by atoms with Crippen LogP contribution in [0.4, 0.5) is 0 Å². The van der Waals surface area contributed by atoms with Crippen molar-refractivity contribution in [1.82, 2.24) is 14.9 Å². The van der Waals surface area contributed by atoms with Crippen LogP contribution in [-0.2, 0) is 16.2 Å². The van der Waals surface area contributed by atoms with Gasteiger partial charge in [-0.3, -0.25) is 4.79 Å². The Labute approximate surface area is 118 Å². The second-order valence-corrected chi connectivity index (χ2v) is 5.94. The predicted octanol–water partition coefficient (Wildman–Crippen LogP) is 1.25. The summed E-state index contributed by atoms with van der Waals surface area (Å²) in [5, 5.41) is 6.82. The molecule has 1 amide bonds.